The minimum atomic E-state index is 0.230. The molecule has 0 fully saturated rings. The first-order valence-electron chi connectivity index (χ1n) is 6.09. The fourth-order valence-electron chi connectivity index (χ4n) is 1.91. The molecule has 0 saturated heterocycles. The van der Waals surface area contributed by atoms with Crippen LogP contribution in [0, 0.1) is 25.7 Å². The Kier molecular flexibility index (Phi) is 5.76. The van der Waals surface area contributed by atoms with Gasteiger partial charge in [-0.3, -0.25) is 0 Å². The molecule has 1 rings (SSSR count). The lowest BCUT2D eigenvalue weighted by Crippen LogP contribution is -2.29. The lowest BCUT2D eigenvalue weighted by atomic mass is 9.97. The molecule has 1 aromatic carbocycles. The fourth-order valence-corrected chi connectivity index (χ4v) is 1.91. The van der Waals surface area contributed by atoms with Crippen LogP contribution < -0.4 is 11.1 Å². The summed E-state index contributed by atoms with van der Waals surface area (Å²) in [6.45, 7) is 7.65. The first-order valence-corrected chi connectivity index (χ1v) is 6.09. The van der Waals surface area contributed by atoms with Gasteiger partial charge in [0.1, 0.15) is 0 Å². The van der Waals surface area contributed by atoms with Crippen molar-refractivity contribution < 1.29 is 0 Å². The van der Waals surface area contributed by atoms with E-state index in [2.05, 4.69) is 49.2 Å². The molecule has 92 valence electrons. The summed E-state index contributed by atoms with van der Waals surface area (Å²) in [4.78, 5) is 0. The van der Waals surface area contributed by atoms with Crippen molar-refractivity contribution in [1.82, 2.24) is 5.32 Å². The highest BCUT2D eigenvalue weighted by molar-refractivity contribution is 5.35. The largest absolute Gasteiger partial charge is 0.329 e. The van der Waals surface area contributed by atoms with Crippen LogP contribution in [0.2, 0.25) is 0 Å². The smallest absolute Gasteiger partial charge is 0.0447 e. The molecular weight excluding hydrogens is 208 g/mol. The average molecular weight is 230 g/mol. The first-order chi connectivity index (χ1) is 8.20. The van der Waals surface area contributed by atoms with Crippen LogP contribution in [0.15, 0.2) is 18.2 Å². The Morgan fingerprint density at radius 2 is 2.12 bits per heavy atom. The van der Waals surface area contributed by atoms with E-state index in [1.165, 1.54) is 16.7 Å². The minimum Gasteiger partial charge on any atom is -0.329 e. The van der Waals surface area contributed by atoms with E-state index < -0.39 is 0 Å². The van der Waals surface area contributed by atoms with Gasteiger partial charge in [0, 0.05) is 25.6 Å². The normalized spacial score (nSPS) is 11.8. The Balaban J connectivity index is 2.71. The van der Waals surface area contributed by atoms with E-state index in [-0.39, 0.29) is 6.04 Å². The quantitative estimate of drug-likeness (QED) is 0.602. The molecule has 2 heteroatoms. The molecule has 0 saturated carbocycles. The summed E-state index contributed by atoms with van der Waals surface area (Å²) in [6, 6.07) is 6.61. The third-order valence-corrected chi connectivity index (χ3v) is 3.08. The maximum atomic E-state index is 5.84. The second-order valence-electron chi connectivity index (χ2n) is 4.21. The lowest BCUT2D eigenvalue weighted by Gasteiger charge is -2.20. The number of benzene rings is 1. The number of rotatable bonds is 5. The number of hydrogen-bond acceptors (Lipinski definition) is 2. The monoisotopic (exact) mass is 230 g/mol. The van der Waals surface area contributed by atoms with Crippen LogP contribution in [0.1, 0.15) is 36.1 Å². The van der Waals surface area contributed by atoms with Gasteiger partial charge in [0.05, 0.1) is 0 Å². The van der Waals surface area contributed by atoms with Gasteiger partial charge in [-0.25, -0.2) is 0 Å². The summed E-state index contributed by atoms with van der Waals surface area (Å²) in [6.07, 6.45) is 0.873. The van der Waals surface area contributed by atoms with Crippen molar-refractivity contribution in [2.75, 3.05) is 13.1 Å². The summed E-state index contributed by atoms with van der Waals surface area (Å²) in [5.74, 6) is 5.95. The van der Waals surface area contributed by atoms with Crippen LogP contribution in [0.3, 0.4) is 0 Å². The van der Waals surface area contributed by atoms with Gasteiger partial charge in [0.25, 0.3) is 0 Å². The van der Waals surface area contributed by atoms with Crippen molar-refractivity contribution in [3.63, 3.8) is 0 Å². The van der Waals surface area contributed by atoms with Gasteiger partial charge in [-0.1, -0.05) is 18.2 Å². The maximum Gasteiger partial charge on any atom is 0.0447 e. The number of aryl methyl sites for hydroxylation is 1. The van der Waals surface area contributed by atoms with E-state index in [1.807, 2.05) is 6.92 Å². The van der Waals surface area contributed by atoms with Crippen LogP contribution in [0.4, 0.5) is 0 Å². The summed E-state index contributed by atoms with van der Waals surface area (Å²) in [5, 5.41) is 3.46. The number of nitrogens with two attached hydrogens (primary N) is 1. The molecule has 1 aromatic rings. The van der Waals surface area contributed by atoms with Gasteiger partial charge in [-0.2, -0.15) is 0 Å². The average Bonchev–Trinajstić information content (AvgIpc) is 2.34. The fraction of sp³-hybridized carbons (Fsp3) is 0.467. The molecule has 1 unspecified atom stereocenters. The summed E-state index contributed by atoms with van der Waals surface area (Å²) >= 11 is 0. The van der Waals surface area contributed by atoms with Crippen molar-refractivity contribution in [2.24, 2.45) is 5.73 Å². The zero-order chi connectivity index (χ0) is 12.7. The molecule has 0 aliphatic rings. The molecule has 2 nitrogen and oxygen atoms in total. The molecular formula is C15H22N2. The Morgan fingerprint density at radius 1 is 1.35 bits per heavy atom. The van der Waals surface area contributed by atoms with Gasteiger partial charge in [0.15, 0.2) is 0 Å². The molecule has 0 heterocycles. The van der Waals surface area contributed by atoms with Crippen molar-refractivity contribution in [3.8, 4) is 11.8 Å². The third kappa shape index (κ3) is 3.89. The number of nitrogens with one attached hydrogen (secondary N) is 1. The Bertz CT molecular complexity index is 413. The molecule has 1 atom stereocenters. The van der Waals surface area contributed by atoms with Crippen LogP contribution in [0.25, 0.3) is 0 Å². The van der Waals surface area contributed by atoms with E-state index in [0.29, 0.717) is 6.54 Å². The summed E-state index contributed by atoms with van der Waals surface area (Å²) in [7, 11) is 0. The van der Waals surface area contributed by atoms with Gasteiger partial charge >= 0.3 is 0 Å². The molecule has 0 aromatic heterocycles. The molecule has 0 spiro atoms. The molecule has 0 aliphatic carbocycles. The van der Waals surface area contributed by atoms with E-state index in [0.717, 1.165) is 13.0 Å². The zero-order valence-corrected chi connectivity index (χ0v) is 11.0. The molecule has 17 heavy (non-hydrogen) atoms. The van der Waals surface area contributed by atoms with E-state index >= 15 is 0 Å². The lowest BCUT2D eigenvalue weighted by molar-refractivity contribution is 0.548. The van der Waals surface area contributed by atoms with Crippen molar-refractivity contribution in [2.45, 2.75) is 33.2 Å². The minimum absolute atomic E-state index is 0.230. The standard InChI is InChI=1S/C15H22N2/c1-4-5-6-10-17-15(11-16)14-9-7-8-12(2)13(14)3/h7-9,15,17H,6,10-11,16H2,1-3H3. The van der Waals surface area contributed by atoms with E-state index in [9.17, 15) is 0 Å². The molecule has 0 radical (unpaired) electrons. The highest BCUT2D eigenvalue weighted by Crippen LogP contribution is 2.19. The van der Waals surface area contributed by atoms with Gasteiger partial charge < -0.3 is 11.1 Å². The predicted molar refractivity (Wildman–Crippen MR) is 73.8 cm³/mol. The van der Waals surface area contributed by atoms with Crippen molar-refractivity contribution >= 4 is 0 Å². The SMILES string of the molecule is CC#CCCNC(CN)c1cccc(C)c1C. The van der Waals surface area contributed by atoms with Crippen molar-refractivity contribution in [3.05, 3.63) is 34.9 Å². The van der Waals surface area contributed by atoms with E-state index in [4.69, 9.17) is 5.73 Å². The van der Waals surface area contributed by atoms with Gasteiger partial charge in [-0.05, 0) is 37.5 Å². The second kappa shape index (κ2) is 7.11. The zero-order valence-electron chi connectivity index (χ0n) is 11.0. The molecule has 3 N–H and O–H groups in total. The highest BCUT2D eigenvalue weighted by Gasteiger charge is 2.11. The number of hydrogen-bond donors (Lipinski definition) is 2. The van der Waals surface area contributed by atoms with Crippen LogP contribution in [0.5, 0.6) is 0 Å². The van der Waals surface area contributed by atoms with E-state index in [1.54, 1.807) is 0 Å². The maximum absolute atomic E-state index is 5.84. The predicted octanol–water partition coefficient (Wildman–Crippen LogP) is 2.31. The second-order valence-corrected chi connectivity index (χ2v) is 4.21. The third-order valence-electron chi connectivity index (χ3n) is 3.08. The Labute approximate surface area is 105 Å². The van der Waals surface area contributed by atoms with Gasteiger partial charge in [-0.15, -0.1) is 11.8 Å². The first kappa shape index (κ1) is 13.8. The Hall–Kier alpha value is -1.30. The topological polar surface area (TPSA) is 38.0 Å². The van der Waals surface area contributed by atoms with Gasteiger partial charge in [0.2, 0.25) is 0 Å². The van der Waals surface area contributed by atoms with Crippen LogP contribution >= 0.6 is 0 Å². The summed E-state index contributed by atoms with van der Waals surface area (Å²) < 4.78 is 0. The molecule has 0 aliphatic heterocycles. The Morgan fingerprint density at radius 3 is 2.76 bits per heavy atom. The summed E-state index contributed by atoms with van der Waals surface area (Å²) in [5.41, 5.74) is 9.79. The highest BCUT2D eigenvalue weighted by atomic mass is 14.9. The molecule has 0 amide bonds. The molecule has 0 bridgehead atoms. The van der Waals surface area contributed by atoms with Crippen molar-refractivity contribution in [1.29, 1.82) is 0 Å². The van der Waals surface area contributed by atoms with Crippen LogP contribution in [-0.2, 0) is 0 Å². The van der Waals surface area contributed by atoms with Crippen LogP contribution in [-0.4, -0.2) is 13.1 Å².